The average molecular weight is 225 g/mol. The molecule has 0 saturated heterocycles. The lowest BCUT2D eigenvalue weighted by Gasteiger charge is -2.19. The Hall–Kier alpha value is -0.670. The van der Waals surface area contributed by atoms with Gasteiger partial charge in [-0.15, -0.1) is 11.8 Å². The van der Waals surface area contributed by atoms with Crippen molar-refractivity contribution in [1.82, 2.24) is 5.32 Å². The first-order valence-corrected chi connectivity index (χ1v) is 6.41. The fourth-order valence-electron chi connectivity index (χ4n) is 1.71. The highest BCUT2D eigenvalue weighted by molar-refractivity contribution is 7.98. The predicted octanol–water partition coefficient (Wildman–Crippen LogP) is 3.09. The Kier molecular flexibility index (Phi) is 4.99. The smallest absolute Gasteiger partial charge is 0.124 e. The summed E-state index contributed by atoms with van der Waals surface area (Å²) >= 11 is 1.76. The van der Waals surface area contributed by atoms with Gasteiger partial charge in [0, 0.05) is 16.5 Å². The van der Waals surface area contributed by atoms with Crippen molar-refractivity contribution in [3.63, 3.8) is 0 Å². The third kappa shape index (κ3) is 2.89. The quantitative estimate of drug-likeness (QED) is 0.778. The predicted molar refractivity (Wildman–Crippen MR) is 66.9 cm³/mol. The van der Waals surface area contributed by atoms with Crippen LogP contribution in [0.15, 0.2) is 23.1 Å². The molecule has 84 valence electrons. The number of thioether (sulfide) groups is 1. The van der Waals surface area contributed by atoms with Crippen LogP contribution in [0.5, 0.6) is 5.75 Å². The molecule has 0 amide bonds. The molecule has 1 unspecified atom stereocenters. The van der Waals surface area contributed by atoms with Crippen molar-refractivity contribution in [1.29, 1.82) is 0 Å². The van der Waals surface area contributed by atoms with Crippen molar-refractivity contribution in [2.45, 2.75) is 24.8 Å². The highest BCUT2D eigenvalue weighted by Gasteiger charge is 2.14. The van der Waals surface area contributed by atoms with E-state index in [1.165, 1.54) is 10.5 Å². The van der Waals surface area contributed by atoms with Crippen molar-refractivity contribution in [2.75, 3.05) is 19.9 Å². The van der Waals surface area contributed by atoms with E-state index < -0.39 is 0 Å². The molecule has 0 aromatic heterocycles. The number of hydrogen-bond acceptors (Lipinski definition) is 3. The summed E-state index contributed by atoms with van der Waals surface area (Å²) in [4.78, 5) is 1.28. The highest BCUT2D eigenvalue weighted by atomic mass is 32.2. The van der Waals surface area contributed by atoms with Gasteiger partial charge in [0.1, 0.15) is 5.75 Å². The average Bonchev–Trinajstić information content (AvgIpc) is 2.28. The maximum atomic E-state index is 5.40. The van der Waals surface area contributed by atoms with Gasteiger partial charge in [-0.3, -0.25) is 0 Å². The number of nitrogens with one attached hydrogen (secondary N) is 1. The number of benzene rings is 1. The standard InChI is InChI=1S/C12H19NOS/c1-5-13-9(2)12-10(14-3)7-6-8-11(12)15-4/h6-9,13H,5H2,1-4H3. The maximum Gasteiger partial charge on any atom is 0.124 e. The van der Waals surface area contributed by atoms with E-state index >= 15 is 0 Å². The first-order valence-electron chi connectivity index (χ1n) is 5.18. The molecule has 1 rings (SSSR count). The van der Waals surface area contributed by atoms with Gasteiger partial charge in [-0.2, -0.15) is 0 Å². The molecule has 0 radical (unpaired) electrons. The topological polar surface area (TPSA) is 21.3 Å². The van der Waals surface area contributed by atoms with Crippen LogP contribution in [0, 0.1) is 0 Å². The maximum absolute atomic E-state index is 5.40. The van der Waals surface area contributed by atoms with E-state index in [2.05, 4.69) is 31.5 Å². The molecule has 0 saturated carbocycles. The van der Waals surface area contributed by atoms with Gasteiger partial charge >= 0.3 is 0 Å². The van der Waals surface area contributed by atoms with Crippen molar-refractivity contribution in [2.24, 2.45) is 0 Å². The summed E-state index contributed by atoms with van der Waals surface area (Å²) in [7, 11) is 1.72. The fourth-order valence-corrected chi connectivity index (χ4v) is 2.43. The lowest BCUT2D eigenvalue weighted by atomic mass is 10.1. The van der Waals surface area contributed by atoms with Crippen LogP contribution in [0.3, 0.4) is 0 Å². The first-order chi connectivity index (χ1) is 7.24. The SMILES string of the molecule is CCNC(C)c1c(OC)cccc1SC. The highest BCUT2D eigenvalue weighted by Crippen LogP contribution is 2.33. The number of methoxy groups -OCH3 is 1. The van der Waals surface area contributed by atoms with E-state index in [1.54, 1.807) is 18.9 Å². The number of ether oxygens (including phenoxy) is 1. The van der Waals surface area contributed by atoms with Gasteiger partial charge in [0.25, 0.3) is 0 Å². The van der Waals surface area contributed by atoms with Gasteiger partial charge in [0.15, 0.2) is 0 Å². The molecule has 0 heterocycles. The summed E-state index contributed by atoms with van der Waals surface area (Å²) < 4.78 is 5.40. The van der Waals surface area contributed by atoms with Crippen LogP contribution >= 0.6 is 11.8 Å². The van der Waals surface area contributed by atoms with Crippen molar-refractivity contribution in [3.05, 3.63) is 23.8 Å². The van der Waals surface area contributed by atoms with Crippen molar-refractivity contribution >= 4 is 11.8 Å². The van der Waals surface area contributed by atoms with Gasteiger partial charge in [-0.1, -0.05) is 13.0 Å². The molecule has 1 N–H and O–H groups in total. The minimum atomic E-state index is 0.327. The zero-order valence-electron chi connectivity index (χ0n) is 9.83. The zero-order valence-corrected chi connectivity index (χ0v) is 10.6. The van der Waals surface area contributed by atoms with Gasteiger partial charge in [0.2, 0.25) is 0 Å². The monoisotopic (exact) mass is 225 g/mol. The molecule has 1 aromatic rings. The first kappa shape index (κ1) is 12.4. The summed E-state index contributed by atoms with van der Waals surface area (Å²) in [6.45, 7) is 5.25. The Labute approximate surface area is 96.4 Å². The molecule has 0 bridgehead atoms. The minimum absolute atomic E-state index is 0.327. The Bertz CT molecular complexity index is 292. The number of rotatable bonds is 5. The van der Waals surface area contributed by atoms with E-state index in [-0.39, 0.29) is 0 Å². The van der Waals surface area contributed by atoms with Crippen LogP contribution < -0.4 is 10.1 Å². The van der Waals surface area contributed by atoms with E-state index in [1.807, 2.05) is 12.1 Å². The van der Waals surface area contributed by atoms with E-state index in [0.717, 1.165) is 12.3 Å². The Balaban J connectivity index is 3.09. The third-order valence-electron chi connectivity index (χ3n) is 2.41. The van der Waals surface area contributed by atoms with Gasteiger partial charge in [0.05, 0.1) is 7.11 Å². The zero-order chi connectivity index (χ0) is 11.3. The Morgan fingerprint density at radius 2 is 2.20 bits per heavy atom. The molecule has 1 atom stereocenters. The Morgan fingerprint density at radius 3 is 2.73 bits per heavy atom. The van der Waals surface area contributed by atoms with E-state index in [9.17, 15) is 0 Å². The molecule has 0 aliphatic rings. The minimum Gasteiger partial charge on any atom is -0.496 e. The van der Waals surface area contributed by atoms with Crippen LogP contribution in [0.2, 0.25) is 0 Å². The lowest BCUT2D eigenvalue weighted by Crippen LogP contribution is -2.19. The second kappa shape index (κ2) is 6.03. The summed E-state index contributed by atoms with van der Waals surface area (Å²) in [5.41, 5.74) is 1.26. The van der Waals surface area contributed by atoms with Gasteiger partial charge in [-0.25, -0.2) is 0 Å². The molecule has 0 aliphatic heterocycles. The molecule has 0 fully saturated rings. The van der Waals surface area contributed by atoms with Crippen molar-refractivity contribution in [3.8, 4) is 5.75 Å². The molecular weight excluding hydrogens is 206 g/mol. The second-order valence-electron chi connectivity index (χ2n) is 3.36. The number of hydrogen-bond donors (Lipinski definition) is 1. The molecule has 0 spiro atoms. The third-order valence-corrected chi connectivity index (χ3v) is 3.21. The van der Waals surface area contributed by atoms with Crippen LogP contribution in [0.25, 0.3) is 0 Å². The summed E-state index contributed by atoms with van der Waals surface area (Å²) in [6, 6.07) is 6.51. The summed E-state index contributed by atoms with van der Waals surface area (Å²) in [5.74, 6) is 0.968. The van der Waals surface area contributed by atoms with Gasteiger partial charge < -0.3 is 10.1 Å². The van der Waals surface area contributed by atoms with Gasteiger partial charge in [-0.05, 0) is 31.9 Å². The fraction of sp³-hybridized carbons (Fsp3) is 0.500. The second-order valence-corrected chi connectivity index (χ2v) is 4.20. The van der Waals surface area contributed by atoms with Crippen LogP contribution in [-0.2, 0) is 0 Å². The normalized spacial score (nSPS) is 12.5. The molecule has 3 heteroatoms. The van der Waals surface area contributed by atoms with Crippen LogP contribution in [0.1, 0.15) is 25.5 Å². The van der Waals surface area contributed by atoms with Crippen LogP contribution in [0.4, 0.5) is 0 Å². The van der Waals surface area contributed by atoms with Crippen LogP contribution in [-0.4, -0.2) is 19.9 Å². The van der Waals surface area contributed by atoms with E-state index in [4.69, 9.17) is 4.74 Å². The molecular formula is C12H19NOS. The molecule has 0 aliphatic carbocycles. The Morgan fingerprint density at radius 1 is 1.47 bits per heavy atom. The summed E-state index contributed by atoms with van der Waals surface area (Å²) in [6.07, 6.45) is 2.09. The lowest BCUT2D eigenvalue weighted by molar-refractivity contribution is 0.400. The van der Waals surface area contributed by atoms with E-state index in [0.29, 0.717) is 6.04 Å². The summed E-state index contributed by atoms with van der Waals surface area (Å²) in [5, 5.41) is 3.42. The molecule has 15 heavy (non-hydrogen) atoms. The molecule has 2 nitrogen and oxygen atoms in total. The van der Waals surface area contributed by atoms with Crippen molar-refractivity contribution < 1.29 is 4.74 Å². The largest absolute Gasteiger partial charge is 0.496 e. The molecule has 1 aromatic carbocycles.